The van der Waals surface area contributed by atoms with Crippen molar-refractivity contribution in [1.82, 2.24) is 14.7 Å². The normalized spacial score (nSPS) is 10.6. The number of aromatic nitrogens is 2. The summed E-state index contributed by atoms with van der Waals surface area (Å²) in [7, 11) is 0. The molecule has 7 heteroatoms. The van der Waals surface area contributed by atoms with Gasteiger partial charge in [-0.3, -0.25) is 4.79 Å². The molecule has 0 aliphatic carbocycles. The summed E-state index contributed by atoms with van der Waals surface area (Å²) in [4.78, 5) is 16.8. The summed E-state index contributed by atoms with van der Waals surface area (Å²) < 4.78 is 23.1. The quantitative estimate of drug-likeness (QED) is 0.458. The van der Waals surface area contributed by atoms with Crippen molar-refractivity contribution in [2.75, 3.05) is 0 Å². The van der Waals surface area contributed by atoms with E-state index in [1.165, 1.54) is 12.1 Å². The Balaban J connectivity index is 1.37. The molecule has 0 radical (unpaired) electrons. The van der Waals surface area contributed by atoms with E-state index in [1.54, 1.807) is 36.4 Å². The maximum atomic E-state index is 13.0. The molecule has 1 amide bonds. The molecule has 0 atom stereocenters. The van der Waals surface area contributed by atoms with Crippen LogP contribution in [0.15, 0.2) is 78.9 Å². The fraction of sp³-hybridized carbons (Fsp3) is 0.0870. The monoisotopic (exact) mass is 419 g/mol. The van der Waals surface area contributed by atoms with Crippen molar-refractivity contribution in [3.05, 3.63) is 107 Å². The van der Waals surface area contributed by atoms with Crippen molar-refractivity contribution in [3.63, 3.8) is 0 Å². The molecule has 3 aromatic carbocycles. The van der Waals surface area contributed by atoms with Crippen LogP contribution in [0.2, 0.25) is 0 Å². The van der Waals surface area contributed by atoms with Crippen molar-refractivity contribution < 1.29 is 13.9 Å². The van der Waals surface area contributed by atoms with E-state index in [1.807, 2.05) is 30.3 Å². The Hall–Kier alpha value is -3.58. The van der Waals surface area contributed by atoms with Gasteiger partial charge in [-0.1, -0.05) is 48.5 Å². The van der Waals surface area contributed by atoms with Crippen molar-refractivity contribution in [2.45, 2.75) is 13.0 Å². The first-order chi connectivity index (χ1) is 14.7. The van der Waals surface area contributed by atoms with E-state index < -0.39 is 0 Å². The fourth-order valence-corrected chi connectivity index (χ4v) is 3.39. The van der Waals surface area contributed by atoms with Gasteiger partial charge in [0.25, 0.3) is 11.1 Å². The molecule has 0 saturated heterocycles. The maximum absolute atomic E-state index is 13.0. The molecule has 4 aromatic rings. The zero-order chi connectivity index (χ0) is 20.8. The third-order valence-corrected chi connectivity index (χ3v) is 4.96. The van der Waals surface area contributed by atoms with Gasteiger partial charge in [-0.2, -0.15) is 9.36 Å². The van der Waals surface area contributed by atoms with Crippen LogP contribution in [-0.4, -0.2) is 15.3 Å². The van der Waals surface area contributed by atoms with Crippen LogP contribution >= 0.6 is 11.5 Å². The van der Waals surface area contributed by atoms with Gasteiger partial charge in [0, 0.05) is 30.1 Å². The number of nitrogens with zero attached hydrogens (tertiary/aromatic N) is 2. The zero-order valence-electron chi connectivity index (χ0n) is 15.9. The standard InChI is InChI=1S/C23H18FN3O2S/c24-19-11-9-16(10-12-19)13-21-26-23(30-27-21)29-20-8-4-7-18(14-20)22(28)25-15-17-5-2-1-3-6-17/h1-12,14H,13,15H2,(H,25,28). The lowest BCUT2D eigenvalue weighted by atomic mass is 10.1. The third kappa shape index (κ3) is 5.27. The van der Waals surface area contributed by atoms with Gasteiger partial charge in [0.15, 0.2) is 5.82 Å². The van der Waals surface area contributed by atoms with E-state index in [0.29, 0.717) is 35.3 Å². The van der Waals surface area contributed by atoms with Gasteiger partial charge in [0.1, 0.15) is 11.6 Å². The Morgan fingerprint density at radius 1 is 0.967 bits per heavy atom. The molecule has 0 aliphatic rings. The second-order valence-electron chi connectivity index (χ2n) is 6.58. The number of amides is 1. The molecular weight excluding hydrogens is 401 g/mol. The number of carbonyl (C=O) groups is 1. The molecule has 0 unspecified atom stereocenters. The maximum Gasteiger partial charge on any atom is 0.298 e. The van der Waals surface area contributed by atoms with Crippen molar-refractivity contribution >= 4 is 17.4 Å². The molecule has 1 heterocycles. The Morgan fingerprint density at radius 2 is 1.77 bits per heavy atom. The van der Waals surface area contributed by atoms with Crippen LogP contribution in [0.25, 0.3) is 0 Å². The minimum atomic E-state index is -0.276. The summed E-state index contributed by atoms with van der Waals surface area (Å²) in [6.45, 7) is 0.452. The summed E-state index contributed by atoms with van der Waals surface area (Å²) in [5.74, 6) is 0.644. The minimum Gasteiger partial charge on any atom is -0.430 e. The first-order valence-electron chi connectivity index (χ1n) is 9.33. The highest BCUT2D eigenvalue weighted by molar-refractivity contribution is 7.07. The van der Waals surface area contributed by atoms with E-state index in [-0.39, 0.29) is 11.7 Å². The Bertz CT molecular complexity index is 1130. The highest BCUT2D eigenvalue weighted by Crippen LogP contribution is 2.24. The van der Waals surface area contributed by atoms with Crippen molar-refractivity contribution in [1.29, 1.82) is 0 Å². The molecule has 5 nitrogen and oxygen atoms in total. The molecule has 1 aromatic heterocycles. The number of hydrogen-bond acceptors (Lipinski definition) is 5. The summed E-state index contributed by atoms with van der Waals surface area (Å²) in [5, 5.41) is 3.28. The summed E-state index contributed by atoms with van der Waals surface area (Å²) in [6, 6.07) is 22.9. The molecule has 1 N–H and O–H groups in total. The molecular formula is C23H18FN3O2S. The van der Waals surface area contributed by atoms with Crippen molar-refractivity contribution in [2.24, 2.45) is 0 Å². The van der Waals surface area contributed by atoms with Crippen LogP contribution in [-0.2, 0) is 13.0 Å². The van der Waals surface area contributed by atoms with Gasteiger partial charge in [-0.25, -0.2) is 4.39 Å². The minimum absolute atomic E-state index is 0.182. The van der Waals surface area contributed by atoms with E-state index >= 15 is 0 Å². The molecule has 4 rings (SSSR count). The average Bonchev–Trinajstić information content (AvgIpc) is 3.21. The van der Waals surface area contributed by atoms with Gasteiger partial charge < -0.3 is 10.1 Å². The number of carbonyl (C=O) groups excluding carboxylic acids is 1. The lowest BCUT2D eigenvalue weighted by Crippen LogP contribution is -2.22. The van der Waals surface area contributed by atoms with Gasteiger partial charge in [-0.05, 0) is 41.5 Å². The first-order valence-corrected chi connectivity index (χ1v) is 10.1. The number of ether oxygens (including phenoxy) is 1. The molecule has 0 spiro atoms. The second-order valence-corrected chi connectivity index (χ2v) is 7.29. The number of benzene rings is 3. The highest BCUT2D eigenvalue weighted by Gasteiger charge is 2.10. The molecule has 0 bridgehead atoms. The number of rotatable bonds is 7. The Labute approximate surface area is 177 Å². The lowest BCUT2D eigenvalue weighted by Gasteiger charge is -2.07. The summed E-state index contributed by atoms with van der Waals surface area (Å²) in [6.07, 6.45) is 0.488. The van der Waals surface area contributed by atoms with E-state index in [9.17, 15) is 9.18 Å². The molecule has 0 aliphatic heterocycles. The molecule has 30 heavy (non-hydrogen) atoms. The van der Waals surface area contributed by atoms with Crippen LogP contribution in [0, 0.1) is 5.82 Å². The van der Waals surface area contributed by atoms with Crippen LogP contribution in [0.1, 0.15) is 27.3 Å². The van der Waals surface area contributed by atoms with Crippen LogP contribution in [0.5, 0.6) is 10.9 Å². The lowest BCUT2D eigenvalue weighted by molar-refractivity contribution is 0.0950. The van der Waals surface area contributed by atoms with Gasteiger partial charge in [0.05, 0.1) is 0 Å². The molecule has 0 fully saturated rings. The van der Waals surface area contributed by atoms with Crippen molar-refractivity contribution in [3.8, 4) is 10.9 Å². The Kier molecular flexibility index (Phi) is 6.10. The van der Waals surface area contributed by atoms with Gasteiger partial charge >= 0.3 is 0 Å². The summed E-state index contributed by atoms with van der Waals surface area (Å²) >= 11 is 1.13. The van der Waals surface area contributed by atoms with Gasteiger partial charge in [0.2, 0.25) is 0 Å². The Morgan fingerprint density at radius 3 is 2.57 bits per heavy atom. The number of hydrogen-bond donors (Lipinski definition) is 1. The number of nitrogens with one attached hydrogen (secondary N) is 1. The largest absolute Gasteiger partial charge is 0.430 e. The topological polar surface area (TPSA) is 64.1 Å². The smallest absolute Gasteiger partial charge is 0.298 e. The third-order valence-electron chi connectivity index (χ3n) is 4.32. The predicted molar refractivity (Wildman–Crippen MR) is 113 cm³/mol. The predicted octanol–water partition coefficient (Wildman–Crippen LogP) is 4.99. The highest BCUT2D eigenvalue weighted by atomic mass is 32.1. The van der Waals surface area contributed by atoms with Crippen LogP contribution in [0.4, 0.5) is 4.39 Å². The fourth-order valence-electron chi connectivity index (χ4n) is 2.82. The van der Waals surface area contributed by atoms with Crippen LogP contribution < -0.4 is 10.1 Å². The average molecular weight is 419 g/mol. The molecule has 150 valence electrons. The van der Waals surface area contributed by atoms with E-state index in [2.05, 4.69) is 14.7 Å². The van der Waals surface area contributed by atoms with E-state index in [4.69, 9.17) is 4.74 Å². The first kappa shape index (κ1) is 19.7. The number of halogens is 1. The summed E-state index contributed by atoms with van der Waals surface area (Å²) in [5.41, 5.74) is 2.44. The van der Waals surface area contributed by atoms with Crippen LogP contribution in [0.3, 0.4) is 0 Å². The second kappa shape index (κ2) is 9.28. The SMILES string of the molecule is O=C(NCc1ccccc1)c1cccc(Oc2nc(Cc3ccc(F)cc3)ns2)c1. The van der Waals surface area contributed by atoms with Gasteiger partial charge in [-0.15, -0.1) is 0 Å². The zero-order valence-corrected chi connectivity index (χ0v) is 16.7. The van der Waals surface area contributed by atoms with E-state index in [0.717, 1.165) is 22.7 Å². The molecule has 0 saturated carbocycles.